The first-order valence-corrected chi connectivity index (χ1v) is 10.2. The van der Waals surface area contributed by atoms with Gasteiger partial charge in [0.2, 0.25) is 0 Å². The van der Waals surface area contributed by atoms with Crippen molar-refractivity contribution in [2.45, 2.75) is 13.8 Å². The maximum atomic E-state index is 12.9. The van der Waals surface area contributed by atoms with E-state index in [1.54, 1.807) is 11.7 Å². The monoisotopic (exact) mass is 420 g/mol. The van der Waals surface area contributed by atoms with Crippen molar-refractivity contribution in [2.24, 2.45) is 7.05 Å². The minimum atomic E-state index is -0.199. The molecule has 9 heteroatoms. The summed E-state index contributed by atoms with van der Waals surface area (Å²) in [5.74, 6) is 1.23. The topological polar surface area (TPSA) is 94.8 Å². The third-order valence-corrected chi connectivity index (χ3v) is 5.62. The number of anilines is 1. The number of aromatic nitrogens is 5. The van der Waals surface area contributed by atoms with Crippen LogP contribution >= 0.6 is 11.3 Å². The molecular formula is C21H20N6O2S. The highest BCUT2D eigenvalue weighted by Crippen LogP contribution is 2.30. The molecule has 0 fully saturated rings. The summed E-state index contributed by atoms with van der Waals surface area (Å²) in [6, 6.07) is 15.1. The van der Waals surface area contributed by atoms with Gasteiger partial charge in [0, 0.05) is 23.9 Å². The van der Waals surface area contributed by atoms with E-state index < -0.39 is 0 Å². The number of amides is 1. The van der Waals surface area contributed by atoms with E-state index in [1.807, 2.05) is 62.4 Å². The number of rotatable bonds is 6. The predicted molar refractivity (Wildman–Crippen MR) is 116 cm³/mol. The summed E-state index contributed by atoms with van der Waals surface area (Å²) in [5, 5.41) is 15.2. The molecule has 0 atom stereocenters. The molecular weight excluding hydrogens is 400 g/mol. The highest BCUT2D eigenvalue weighted by molar-refractivity contribution is 7.17. The fraction of sp³-hybridized carbons (Fsp3) is 0.190. The molecule has 2 aromatic heterocycles. The Kier molecular flexibility index (Phi) is 5.53. The van der Waals surface area contributed by atoms with Crippen molar-refractivity contribution in [2.75, 3.05) is 11.9 Å². The van der Waals surface area contributed by atoms with Gasteiger partial charge in [0.1, 0.15) is 15.6 Å². The highest BCUT2D eigenvalue weighted by Gasteiger charge is 2.17. The molecule has 4 aromatic rings. The van der Waals surface area contributed by atoms with E-state index in [0.29, 0.717) is 28.7 Å². The van der Waals surface area contributed by atoms with Crippen LogP contribution in [-0.2, 0) is 7.05 Å². The van der Waals surface area contributed by atoms with E-state index in [4.69, 9.17) is 4.74 Å². The molecule has 2 aromatic carbocycles. The molecule has 0 bridgehead atoms. The predicted octanol–water partition coefficient (Wildman–Crippen LogP) is 3.96. The average Bonchev–Trinajstić information content (AvgIpc) is 3.34. The van der Waals surface area contributed by atoms with E-state index in [0.717, 1.165) is 21.9 Å². The smallest absolute Gasteiger partial charge is 0.267 e. The molecule has 1 N–H and O–H groups in total. The van der Waals surface area contributed by atoms with Gasteiger partial charge in [0.25, 0.3) is 5.91 Å². The van der Waals surface area contributed by atoms with Crippen molar-refractivity contribution in [1.29, 1.82) is 0 Å². The summed E-state index contributed by atoms with van der Waals surface area (Å²) < 4.78 is 7.06. The number of benzene rings is 2. The van der Waals surface area contributed by atoms with Gasteiger partial charge >= 0.3 is 0 Å². The highest BCUT2D eigenvalue weighted by atomic mass is 32.1. The van der Waals surface area contributed by atoms with Crippen molar-refractivity contribution in [3.05, 3.63) is 59.1 Å². The molecule has 8 nitrogen and oxygen atoms in total. The molecule has 0 aliphatic heterocycles. The number of tetrazole rings is 1. The van der Waals surface area contributed by atoms with Gasteiger partial charge in [-0.1, -0.05) is 12.1 Å². The largest absolute Gasteiger partial charge is 0.494 e. The third-order valence-electron chi connectivity index (χ3n) is 4.41. The maximum Gasteiger partial charge on any atom is 0.267 e. The zero-order valence-corrected chi connectivity index (χ0v) is 17.6. The molecule has 30 heavy (non-hydrogen) atoms. The van der Waals surface area contributed by atoms with Crippen molar-refractivity contribution in [3.8, 4) is 27.7 Å². The van der Waals surface area contributed by atoms with E-state index in [9.17, 15) is 4.79 Å². The first-order valence-electron chi connectivity index (χ1n) is 9.40. The lowest BCUT2D eigenvalue weighted by molar-refractivity contribution is 0.103. The van der Waals surface area contributed by atoms with Gasteiger partial charge < -0.3 is 10.1 Å². The second kappa shape index (κ2) is 8.42. The minimum absolute atomic E-state index is 0.199. The van der Waals surface area contributed by atoms with Crippen molar-refractivity contribution >= 4 is 22.9 Å². The first-order chi connectivity index (χ1) is 14.5. The third kappa shape index (κ3) is 4.06. The SMILES string of the molecule is CCOc1ccc(-c2nc(C)c(C(=O)Nc3cccc(-c4nnnn4C)c3)s2)cc1. The quantitative estimate of drug-likeness (QED) is 0.507. The van der Waals surface area contributed by atoms with E-state index in [-0.39, 0.29) is 5.91 Å². The van der Waals surface area contributed by atoms with Gasteiger partial charge in [-0.2, -0.15) is 0 Å². The van der Waals surface area contributed by atoms with E-state index in [1.165, 1.54) is 11.3 Å². The Hall–Kier alpha value is -3.59. The van der Waals surface area contributed by atoms with Gasteiger partial charge in [0.05, 0.1) is 12.3 Å². The van der Waals surface area contributed by atoms with E-state index >= 15 is 0 Å². The van der Waals surface area contributed by atoms with Crippen LogP contribution in [0.3, 0.4) is 0 Å². The number of carbonyl (C=O) groups excluding carboxylic acids is 1. The maximum absolute atomic E-state index is 12.9. The minimum Gasteiger partial charge on any atom is -0.494 e. The molecule has 0 aliphatic rings. The lowest BCUT2D eigenvalue weighted by atomic mass is 10.2. The number of thiazole rings is 1. The summed E-state index contributed by atoms with van der Waals surface area (Å²) in [6.45, 7) is 4.41. The van der Waals surface area contributed by atoms with Gasteiger partial charge in [-0.3, -0.25) is 4.79 Å². The number of ether oxygens (including phenoxy) is 1. The van der Waals surface area contributed by atoms with Gasteiger partial charge in [-0.25, -0.2) is 9.67 Å². The van der Waals surface area contributed by atoms with Crippen molar-refractivity contribution in [1.82, 2.24) is 25.2 Å². The summed E-state index contributed by atoms with van der Waals surface area (Å²) in [6.07, 6.45) is 0. The molecule has 0 radical (unpaired) electrons. The Morgan fingerprint density at radius 2 is 1.97 bits per heavy atom. The number of carbonyl (C=O) groups is 1. The molecule has 0 aliphatic carbocycles. The zero-order valence-electron chi connectivity index (χ0n) is 16.8. The van der Waals surface area contributed by atoms with Gasteiger partial charge in [0.15, 0.2) is 5.82 Å². The van der Waals surface area contributed by atoms with Crippen LogP contribution in [0.2, 0.25) is 0 Å². The van der Waals surface area contributed by atoms with Crippen LogP contribution in [0.4, 0.5) is 5.69 Å². The second-order valence-corrected chi connectivity index (χ2v) is 7.55. The lowest BCUT2D eigenvalue weighted by Crippen LogP contribution is -2.11. The molecule has 4 rings (SSSR count). The number of nitrogens with one attached hydrogen (secondary N) is 1. The summed E-state index contributed by atoms with van der Waals surface area (Å²) >= 11 is 1.36. The average molecular weight is 420 g/mol. The molecule has 0 unspecified atom stereocenters. The van der Waals surface area contributed by atoms with Crippen LogP contribution in [0.5, 0.6) is 5.75 Å². The number of nitrogens with zero attached hydrogens (tertiary/aromatic N) is 5. The van der Waals surface area contributed by atoms with E-state index in [2.05, 4.69) is 25.8 Å². The molecule has 0 spiro atoms. The van der Waals surface area contributed by atoms with Crippen LogP contribution in [0.15, 0.2) is 48.5 Å². The molecule has 2 heterocycles. The fourth-order valence-corrected chi connectivity index (χ4v) is 3.96. The van der Waals surface area contributed by atoms with Crippen LogP contribution in [0.25, 0.3) is 22.0 Å². The van der Waals surface area contributed by atoms with Crippen molar-refractivity contribution in [3.63, 3.8) is 0 Å². The Morgan fingerprint density at radius 3 is 2.67 bits per heavy atom. The van der Waals surface area contributed by atoms with Crippen molar-refractivity contribution < 1.29 is 9.53 Å². The van der Waals surface area contributed by atoms with Gasteiger partial charge in [-0.05, 0) is 60.7 Å². The molecule has 152 valence electrons. The van der Waals surface area contributed by atoms with Crippen LogP contribution < -0.4 is 10.1 Å². The summed E-state index contributed by atoms with van der Waals surface area (Å²) in [7, 11) is 1.77. The lowest BCUT2D eigenvalue weighted by Gasteiger charge is -2.06. The summed E-state index contributed by atoms with van der Waals surface area (Å²) in [5.41, 5.74) is 3.12. The molecule has 0 saturated carbocycles. The Morgan fingerprint density at radius 1 is 1.17 bits per heavy atom. The molecule has 1 amide bonds. The fourth-order valence-electron chi connectivity index (χ4n) is 2.99. The van der Waals surface area contributed by atoms with Crippen LogP contribution in [-0.4, -0.2) is 37.7 Å². The number of hydrogen-bond acceptors (Lipinski definition) is 7. The standard InChI is InChI=1S/C21H20N6O2S/c1-4-29-17-10-8-14(9-11-17)21-22-13(2)18(30-21)20(28)23-16-7-5-6-15(12-16)19-24-25-26-27(19)3/h5-12H,4H2,1-3H3,(H,23,28). The van der Waals surface area contributed by atoms with Crippen LogP contribution in [0.1, 0.15) is 22.3 Å². The number of hydrogen-bond donors (Lipinski definition) is 1. The Bertz CT molecular complexity index is 1180. The van der Waals surface area contributed by atoms with Gasteiger partial charge in [-0.15, -0.1) is 16.4 Å². The zero-order chi connectivity index (χ0) is 21.1. The summed E-state index contributed by atoms with van der Waals surface area (Å²) in [4.78, 5) is 18.0. The normalized spacial score (nSPS) is 10.8. The number of aryl methyl sites for hydroxylation is 2. The molecule has 0 saturated heterocycles. The van der Waals surface area contributed by atoms with Crippen LogP contribution in [0, 0.1) is 6.92 Å². The second-order valence-electron chi connectivity index (χ2n) is 6.55. The Labute approximate surface area is 177 Å². The first kappa shape index (κ1) is 19.7. The Balaban J connectivity index is 1.54.